The van der Waals surface area contributed by atoms with E-state index in [1.54, 1.807) is 0 Å². The number of carbonyl (C=O) groups is 1. The molecule has 0 saturated carbocycles. The highest BCUT2D eigenvalue weighted by Crippen LogP contribution is 2.22. The van der Waals surface area contributed by atoms with Crippen LogP contribution < -0.4 is 10.1 Å². The molecule has 0 radical (unpaired) electrons. The highest BCUT2D eigenvalue weighted by molar-refractivity contribution is 9.10. The van der Waals surface area contributed by atoms with Gasteiger partial charge >= 0.3 is 0 Å². The Hall–Kier alpha value is -0.680. The van der Waals surface area contributed by atoms with E-state index in [9.17, 15) is 4.79 Å². The van der Waals surface area contributed by atoms with Gasteiger partial charge < -0.3 is 10.1 Å². The standard InChI is InChI=1S/C14H20BrNO2S/c1-14(2,3)19-9-8-16-13(17)10-18-12-6-4-11(15)5-7-12/h4-7H,8-10H2,1-3H3,(H,16,17). The number of hydrogen-bond acceptors (Lipinski definition) is 3. The van der Waals surface area contributed by atoms with Crippen molar-refractivity contribution in [2.75, 3.05) is 18.9 Å². The zero-order chi connectivity index (χ0) is 14.3. The van der Waals surface area contributed by atoms with Crippen LogP contribution in [0.1, 0.15) is 20.8 Å². The average Bonchev–Trinajstić information content (AvgIpc) is 2.33. The number of halogens is 1. The molecule has 5 heteroatoms. The summed E-state index contributed by atoms with van der Waals surface area (Å²) >= 11 is 5.18. The van der Waals surface area contributed by atoms with Crippen LogP contribution in [-0.4, -0.2) is 29.6 Å². The van der Waals surface area contributed by atoms with Crippen molar-refractivity contribution in [2.45, 2.75) is 25.5 Å². The molecule has 0 bridgehead atoms. The van der Waals surface area contributed by atoms with Crippen molar-refractivity contribution in [1.82, 2.24) is 5.32 Å². The van der Waals surface area contributed by atoms with E-state index < -0.39 is 0 Å². The van der Waals surface area contributed by atoms with Crippen molar-refractivity contribution >= 4 is 33.6 Å². The molecule has 0 aliphatic rings. The van der Waals surface area contributed by atoms with Gasteiger partial charge in [-0.2, -0.15) is 11.8 Å². The molecule has 1 rings (SSSR count). The first-order valence-corrected chi connectivity index (χ1v) is 7.94. The Bertz CT molecular complexity index is 401. The van der Waals surface area contributed by atoms with Gasteiger partial charge in [0.2, 0.25) is 0 Å². The minimum absolute atomic E-state index is 0.0574. The molecule has 0 spiro atoms. The van der Waals surface area contributed by atoms with Crippen LogP contribution in [0.3, 0.4) is 0 Å². The first-order valence-electron chi connectivity index (χ1n) is 6.16. The summed E-state index contributed by atoms with van der Waals surface area (Å²) in [4.78, 5) is 11.6. The minimum Gasteiger partial charge on any atom is -0.484 e. The lowest BCUT2D eigenvalue weighted by Crippen LogP contribution is -2.31. The van der Waals surface area contributed by atoms with Crippen molar-refractivity contribution in [1.29, 1.82) is 0 Å². The SMILES string of the molecule is CC(C)(C)SCCNC(=O)COc1ccc(Br)cc1. The smallest absolute Gasteiger partial charge is 0.257 e. The maximum atomic E-state index is 11.6. The topological polar surface area (TPSA) is 38.3 Å². The molecule has 3 nitrogen and oxygen atoms in total. The van der Waals surface area contributed by atoms with E-state index >= 15 is 0 Å². The second kappa shape index (κ2) is 7.80. The van der Waals surface area contributed by atoms with Crippen LogP contribution >= 0.6 is 27.7 Å². The van der Waals surface area contributed by atoms with Gasteiger partial charge in [0.15, 0.2) is 6.61 Å². The van der Waals surface area contributed by atoms with Gasteiger partial charge in [-0.3, -0.25) is 4.79 Å². The van der Waals surface area contributed by atoms with Gasteiger partial charge in [-0.15, -0.1) is 0 Å². The van der Waals surface area contributed by atoms with Crippen LogP contribution in [0.2, 0.25) is 0 Å². The number of amides is 1. The molecule has 1 amide bonds. The largest absolute Gasteiger partial charge is 0.484 e. The first-order chi connectivity index (χ1) is 8.87. The van der Waals surface area contributed by atoms with E-state index in [-0.39, 0.29) is 17.3 Å². The van der Waals surface area contributed by atoms with Crippen molar-refractivity contribution in [3.8, 4) is 5.75 Å². The molecule has 0 aliphatic carbocycles. The molecule has 0 heterocycles. The van der Waals surface area contributed by atoms with Crippen molar-refractivity contribution < 1.29 is 9.53 Å². The van der Waals surface area contributed by atoms with Crippen LogP contribution in [0.25, 0.3) is 0 Å². The van der Waals surface area contributed by atoms with E-state index in [0.29, 0.717) is 12.3 Å². The van der Waals surface area contributed by atoms with Crippen LogP contribution in [-0.2, 0) is 4.79 Å². The lowest BCUT2D eigenvalue weighted by atomic mass is 10.3. The maximum Gasteiger partial charge on any atom is 0.257 e. The van der Waals surface area contributed by atoms with E-state index in [4.69, 9.17) is 4.74 Å². The van der Waals surface area contributed by atoms with Gasteiger partial charge in [0.25, 0.3) is 5.91 Å². The van der Waals surface area contributed by atoms with Crippen LogP contribution in [0, 0.1) is 0 Å². The molecule has 0 unspecified atom stereocenters. The number of nitrogens with one attached hydrogen (secondary N) is 1. The van der Waals surface area contributed by atoms with Gasteiger partial charge in [0, 0.05) is 21.5 Å². The highest BCUT2D eigenvalue weighted by atomic mass is 79.9. The Labute approximate surface area is 127 Å². The predicted molar refractivity (Wildman–Crippen MR) is 84.9 cm³/mol. The fourth-order valence-corrected chi connectivity index (χ4v) is 2.36. The lowest BCUT2D eigenvalue weighted by Gasteiger charge is -2.17. The Morgan fingerprint density at radius 1 is 1.32 bits per heavy atom. The molecule has 0 aromatic heterocycles. The molecule has 0 atom stereocenters. The Morgan fingerprint density at radius 3 is 2.53 bits per heavy atom. The predicted octanol–water partition coefficient (Wildman–Crippen LogP) is 3.48. The molecular weight excluding hydrogens is 326 g/mol. The number of rotatable bonds is 6. The van der Waals surface area contributed by atoms with Gasteiger partial charge in [-0.05, 0) is 24.3 Å². The molecule has 0 fully saturated rings. The number of thioether (sulfide) groups is 1. The van der Waals surface area contributed by atoms with E-state index in [1.165, 1.54) is 0 Å². The normalized spacial score (nSPS) is 11.2. The van der Waals surface area contributed by atoms with Crippen LogP contribution in [0.5, 0.6) is 5.75 Å². The van der Waals surface area contributed by atoms with Gasteiger partial charge in [-0.1, -0.05) is 36.7 Å². The second-order valence-corrected chi connectivity index (χ2v) is 7.89. The van der Waals surface area contributed by atoms with Crippen LogP contribution in [0.15, 0.2) is 28.7 Å². The van der Waals surface area contributed by atoms with E-state index in [0.717, 1.165) is 10.2 Å². The summed E-state index contributed by atoms with van der Waals surface area (Å²) in [6, 6.07) is 7.42. The van der Waals surface area contributed by atoms with Crippen molar-refractivity contribution in [3.05, 3.63) is 28.7 Å². The molecule has 0 saturated heterocycles. The zero-order valence-corrected chi connectivity index (χ0v) is 13.9. The van der Waals surface area contributed by atoms with Crippen molar-refractivity contribution in [3.63, 3.8) is 0 Å². The lowest BCUT2D eigenvalue weighted by molar-refractivity contribution is -0.122. The van der Waals surface area contributed by atoms with E-state index in [2.05, 4.69) is 42.0 Å². The molecule has 106 valence electrons. The molecule has 0 aliphatic heterocycles. The summed E-state index contributed by atoms with van der Waals surface area (Å²) in [7, 11) is 0. The highest BCUT2D eigenvalue weighted by Gasteiger charge is 2.10. The second-order valence-electron chi connectivity index (χ2n) is 5.05. The fourth-order valence-electron chi connectivity index (χ4n) is 1.28. The third-order valence-electron chi connectivity index (χ3n) is 2.14. The molecule has 1 aromatic rings. The first kappa shape index (κ1) is 16.4. The summed E-state index contributed by atoms with van der Waals surface area (Å²) < 4.78 is 6.61. The summed E-state index contributed by atoms with van der Waals surface area (Å²) in [5, 5.41) is 2.84. The molecule has 1 aromatic carbocycles. The minimum atomic E-state index is -0.0857. The maximum absolute atomic E-state index is 11.6. The van der Waals surface area contributed by atoms with Crippen molar-refractivity contribution in [2.24, 2.45) is 0 Å². The third-order valence-corrected chi connectivity index (χ3v) is 3.95. The third kappa shape index (κ3) is 8.16. The van der Waals surface area contributed by atoms with E-state index in [1.807, 2.05) is 36.0 Å². The molecule has 19 heavy (non-hydrogen) atoms. The van der Waals surface area contributed by atoms with Gasteiger partial charge in [-0.25, -0.2) is 0 Å². The average molecular weight is 346 g/mol. The summed E-state index contributed by atoms with van der Waals surface area (Å²) in [5.74, 6) is 1.52. The number of ether oxygens (including phenoxy) is 1. The monoisotopic (exact) mass is 345 g/mol. The van der Waals surface area contributed by atoms with Gasteiger partial charge in [0.1, 0.15) is 5.75 Å². The Balaban J connectivity index is 2.16. The summed E-state index contributed by atoms with van der Waals surface area (Å²) in [6.45, 7) is 7.22. The molecule has 1 N–H and O–H groups in total. The molecular formula is C14H20BrNO2S. The number of benzene rings is 1. The summed E-state index contributed by atoms with van der Waals surface area (Å²) in [6.07, 6.45) is 0. The zero-order valence-electron chi connectivity index (χ0n) is 11.5. The summed E-state index contributed by atoms with van der Waals surface area (Å²) in [5.41, 5.74) is 0. The Morgan fingerprint density at radius 2 is 1.95 bits per heavy atom. The van der Waals surface area contributed by atoms with Gasteiger partial charge in [0.05, 0.1) is 0 Å². The Kier molecular flexibility index (Phi) is 6.72. The quantitative estimate of drug-likeness (QED) is 0.802. The fraction of sp³-hybridized carbons (Fsp3) is 0.500. The van der Waals surface area contributed by atoms with Crippen LogP contribution in [0.4, 0.5) is 0 Å². The number of hydrogen-bond donors (Lipinski definition) is 1. The number of carbonyl (C=O) groups excluding carboxylic acids is 1.